The molecule has 0 saturated carbocycles. The lowest BCUT2D eigenvalue weighted by Gasteiger charge is -2.34. The molecule has 3 fully saturated rings. The third kappa shape index (κ3) is 5.06. The molecule has 1 N–H and O–H groups in total. The fourth-order valence-electron chi connectivity index (χ4n) is 7.81. The Bertz CT molecular complexity index is 1800. The zero-order valence-electron chi connectivity index (χ0n) is 24.8. The van der Waals surface area contributed by atoms with Crippen LogP contribution in [0.2, 0.25) is 5.02 Å². The summed E-state index contributed by atoms with van der Waals surface area (Å²) in [5, 5.41) is 8.71. The van der Waals surface area contributed by atoms with Gasteiger partial charge in [-0.05, 0) is 63.1 Å². The molecule has 5 aliphatic rings. The summed E-state index contributed by atoms with van der Waals surface area (Å²) in [6, 6.07) is 1.81. The Morgan fingerprint density at radius 2 is 2.00 bits per heavy atom. The zero-order chi connectivity index (χ0) is 30.7. The second-order valence-electron chi connectivity index (χ2n) is 12.8. The van der Waals surface area contributed by atoms with Crippen LogP contribution in [-0.2, 0) is 16.0 Å². The van der Waals surface area contributed by atoms with E-state index in [1.54, 1.807) is 18.5 Å². The zero-order valence-corrected chi connectivity index (χ0v) is 25.6. The summed E-state index contributed by atoms with van der Waals surface area (Å²) in [6.45, 7) is 2.49. The van der Waals surface area contributed by atoms with E-state index in [0.717, 1.165) is 37.8 Å². The van der Waals surface area contributed by atoms with Crippen molar-refractivity contribution < 1.29 is 23.0 Å². The van der Waals surface area contributed by atoms with Crippen molar-refractivity contribution in [2.24, 2.45) is 0 Å². The number of aromatic amines is 1. The number of rotatable bonds is 3. The number of hydrogen-bond acceptors (Lipinski definition) is 9. The van der Waals surface area contributed by atoms with Crippen LogP contribution in [0.25, 0.3) is 33.1 Å². The van der Waals surface area contributed by atoms with Crippen molar-refractivity contribution in [3.05, 3.63) is 34.9 Å². The minimum Gasteiger partial charge on any atom is -0.461 e. The largest absolute Gasteiger partial charge is 0.461 e. The Hall–Kier alpha value is -3.64. The van der Waals surface area contributed by atoms with E-state index in [1.165, 1.54) is 0 Å². The van der Waals surface area contributed by atoms with Crippen LogP contribution in [0.15, 0.2) is 18.5 Å². The number of alkyl halides is 1. The first kappa shape index (κ1) is 28.8. The van der Waals surface area contributed by atoms with Crippen molar-refractivity contribution in [2.45, 2.75) is 75.6 Å². The number of pyridine rings is 1. The second kappa shape index (κ2) is 11.3. The number of esters is 1. The number of hydrogen-bond donors (Lipinski definition) is 1. The predicted molar refractivity (Wildman–Crippen MR) is 165 cm³/mol. The molecule has 3 atom stereocenters. The first-order valence-corrected chi connectivity index (χ1v) is 16.2. The SMILES string of the molecule is O=C1CCCCc2c(Cl)cc3[nH]ncc3c2-c2ncc3c(nc(OC[C@@]45CCCN4C[C@H](F)C5)nc3c2F)N2CCC[C@H](C2)O1. The number of nitrogens with zero attached hydrogens (tertiary/aromatic N) is 6. The molecule has 5 aliphatic heterocycles. The average Bonchev–Trinajstić information content (AvgIpc) is 3.72. The number of piperidine rings is 1. The topological polar surface area (TPSA) is 109 Å². The fraction of sp³-hybridized carbons (Fsp3) is 0.531. The number of halogens is 3. The van der Waals surface area contributed by atoms with Gasteiger partial charge < -0.3 is 14.4 Å². The Balaban J connectivity index is 1.29. The van der Waals surface area contributed by atoms with Gasteiger partial charge in [-0.15, -0.1) is 0 Å². The van der Waals surface area contributed by atoms with Crippen molar-refractivity contribution in [1.29, 1.82) is 0 Å². The van der Waals surface area contributed by atoms with Gasteiger partial charge >= 0.3 is 12.0 Å². The average molecular weight is 638 g/mol. The number of carbonyl (C=O) groups is 1. The summed E-state index contributed by atoms with van der Waals surface area (Å²) in [6.07, 6.45) is 7.78. The third-order valence-corrected chi connectivity index (χ3v) is 10.3. The van der Waals surface area contributed by atoms with Gasteiger partial charge in [-0.3, -0.25) is 19.8 Å². The number of carbonyl (C=O) groups excluding carboxylic acids is 1. The van der Waals surface area contributed by atoms with E-state index < -0.39 is 17.5 Å². The molecule has 236 valence electrons. The van der Waals surface area contributed by atoms with Crippen LogP contribution < -0.4 is 9.64 Å². The van der Waals surface area contributed by atoms with Crippen LogP contribution in [0.5, 0.6) is 6.01 Å². The fourth-order valence-corrected chi connectivity index (χ4v) is 8.11. The van der Waals surface area contributed by atoms with Gasteiger partial charge in [0.1, 0.15) is 35.9 Å². The molecule has 8 heterocycles. The number of nitrogens with one attached hydrogen (secondary N) is 1. The summed E-state index contributed by atoms with van der Waals surface area (Å²) >= 11 is 6.79. The molecular weight excluding hydrogens is 604 g/mol. The van der Waals surface area contributed by atoms with Gasteiger partial charge in [0, 0.05) is 48.1 Å². The normalized spacial score (nSPS) is 25.7. The second-order valence-corrected chi connectivity index (χ2v) is 13.2. The molecular formula is C32H34ClF2N7O3. The summed E-state index contributed by atoms with van der Waals surface area (Å²) < 4.78 is 43.6. The van der Waals surface area contributed by atoms with Gasteiger partial charge in [0.2, 0.25) is 0 Å². The van der Waals surface area contributed by atoms with E-state index in [4.69, 9.17) is 26.1 Å². The van der Waals surface area contributed by atoms with Crippen LogP contribution in [0.4, 0.5) is 14.6 Å². The van der Waals surface area contributed by atoms with Gasteiger partial charge in [0.05, 0.1) is 29.2 Å². The Morgan fingerprint density at radius 1 is 1.11 bits per heavy atom. The minimum absolute atomic E-state index is 0.0251. The lowest BCUT2D eigenvalue weighted by molar-refractivity contribution is -0.149. The van der Waals surface area contributed by atoms with Crippen molar-refractivity contribution in [1.82, 2.24) is 30.0 Å². The first-order chi connectivity index (χ1) is 21.9. The summed E-state index contributed by atoms with van der Waals surface area (Å²) in [4.78, 5) is 31.1. The lowest BCUT2D eigenvalue weighted by Crippen LogP contribution is -2.43. The first-order valence-electron chi connectivity index (χ1n) is 15.9. The predicted octanol–water partition coefficient (Wildman–Crippen LogP) is 5.55. The smallest absolute Gasteiger partial charge is 0.319 e. The lowest BCUT2D eigenvalue weighted by atomic mass is 9.94. The molecule has 3 aromatic heterocycles. The van der Waals surface area contributed by atoms with Crippen LogP contribution in [-0.4, -0.2) is 86.6 Å². The highest BCUT2D eigenvalue weighted by Crippen LogP contribution is 2.42. The van der Waals surface area contributed by atoms with Gasteiger partial charge in [-0.25, -0.2) is 8.78 Å². The molecule has 6 bridgehead atoms. The molecule has 0 spiro atoms. The van der Waals surface area contributed by atoms with Gasteiger partial charge in [-0.2, -0.15) is 15.1 Å². The highest BCUT2D eigenvalue weighted by atomic mass is 35.5. The van der Waals surface area contributed by atoms with E-state index in [0.29, 0.717) is 78.0 Å². The Morgan fingerprint density at radius 3 is 2.91 bits per heavy atom. The highest BCUT2D eigenvalue weighted by molar-refractivity contribution is 6.33. The van der Waals surface area contributed by atoms with Crippen molar-refractivity contribution in [3.63, 3.8) is 0 Å². The van der Waals surface area contributed by atoms with Gasteiger partial charge in [0.25, 0.3) is 0 Å². The molecule has 0 aliphatic carbocycles. The monoisotopic (exact) mass is 637 g/mol. The number of H-pyrrole nitrogens is 1. The van der Waals surface area contributed by atoms with Gasteiger partial charge in [-0.1, -0.05) is 11.6 Å². The summed E-state index contributed by atoms with van der Waals surface area (Å²) in [5.41, 5.74) is 1.70. The molecule has 13 heteroatoms. The number of aromatic nitrogens is 5. The van der Waals surface area contributed by atoms with E-state index in [2.05, 4.69) is 25.1 Å². The molecule has 3 saturated heterocycles. The number of ether oxygens (including phenoxy) is 2. The summed E-state index contributed by atoms with van der Waals surface area (Å²) in [7, 11) is 0. The molecule has 9 rings (SSSR count). The minimum atomic E-state index is -0.903. The van der Waals surface area contributed by atoms with E-state index in [9.17, 15) is 9.18 Å². The Labute approximate surface area is 263 Å². The van der Waals surface area contributed by atoms with Crippen LogP contribution in [0.1, 0.15) is 56.9 Å². The maximum Gasteiger partial charge on any atom is 0.319 e. The molecule has 0 unspecified atom stereocenters. The maximum atomic E-state index is 16.9. The van der Waals surface area contributed by atoms with Crippen molar-refractivity contribution in [2.75, 3.05) is 37.7 Å². The Kier molecular flexibility index (Phi) is 7.24. The van der Waals surface area contributed by atoms with E-state index >= 15 is 4.39 Å². The van der Waals surface area contributed by atoms with E-state index in [1.807, 2.05) is 4.90 Å². The molecule has 10 nitrogen and oxygen atoms in total. The third-order valence-electron chi connectivity index (χ3n) is 9.94. The number of anilines is 1. The quantitative estimate of drug-likeness (QED) is 0.289. The standard InChI is InChI=1S/C32H34ClF2N7O3/c33-23-11-24-21(14-37-40-24)26-20(23)6-1-2-7-25(43)45-19-5-3-9-41(16-19)30-22-13-36-29(26)27(35)28(22)38-31(39-30)44-17-32-8-4-10-42(32)15-18(34)12-32/h11,13-14,18-19H,1-10,12,15-17H2,(H,37,40)/t18-,19-,32+/m1/s1. The van der Waals surface area contributed by atoms with Crippen molar-refractivity contribution in [3.8, 4) is 17.3 Å². The van der Waals surface area contributed by atoms with Crippen LogP contribution >= 0.6 is 11.6 Å². The van der Waals surface area contributed by atoms with Crippen molar-refractivity contribution >= 4 is 45.2 Å². The summed E-state index contributed by atoms with van der Waals surface area (Å²) in [5.74, 6) is -0.373. The molecule has 0 amide bonds. The van der Waals surface area contributed by atoms with Crippen LogP contribution in [0.3, 0.4) is 0 Å². The van der Waals surface area contributed by atoms with E-state index in [-0.39, 0.29) is 42.3 Å². The maximum absolute atomic E-state index is 16.9. The molecule has 45 heavy (non-hydrogen) atoms. The molecule has 0 radical (unpaired) electrons. The van der Waals surface area contributed by atoms with Crippen LogP contribution in [0, 0.1) is 5.82 Å². The molecule has 4 aromatic rings. The highest BCUT2D eigenvalue weighted by Gasteiger charge is 2.49. The number of benzene rings is 1. The number of fused-ring (bicyclic) bond motifs is 8. The van der Waals surface area contributed by atoms with Gasteiger partial charge in [0.15, 0.2) is 5.82 Å². The molecule has 1 aromatic carbocycles.